The first-order chi connectivity index (χ1) is 22.8. The third-order valence-electron chi connectivity index (χ3n) is 9.56. The second kappa shape index (κ2) is 34.6. The van der Waals surface area contributed by atoms with Crippen LogP contribution in [-0.4, -0.2) is 13.2 Å². The van der Waals surface area contributed by atoms with Gasteiger partial charge < -0.3 is 9.47 Å². The predicted octanol–water partition coefficient (Wildman–Crippen LogP) is 15.5. The minimum absolute atomic E-state index is 0.478. The van der Waals surface area contributed by atoms with Gasteiger partial charge in [-0.25, -0.2) is 0 Å². The highest BCUT2D eigenvalue weighted by Crippen LogP contribution is 2.32. The molecular weight excluding hydrogens is 564 g/mol. The lowest BCUT2D eigenvalue weighted by atomic mass is 10.0. The Kier molecular flexibility index (Phi) is 31.8. The number of unbranched alkanes of at least 4 members (excludes halogenated alkanes) is 30. The molecule has 1 rings (SSSR count). The molecule has 0 saturated heterocycles. The molecule has 0 unspecified atom stereocenters. The molecule has 0 spiro atoms. The van der Waals surface area contributed by atoms with Crippen molar-refractivity contribution in [3.8, 4) is 11.5 Å². The lowest BCUT2D eigenvalue weighted by molar-refractivity contribution is 0.290. The molecule has 0 radical (unpaired) electrons. The first-order valence-corrected chi connectivity index (χ1v) is 20.6. The number of hydrogen-bond acceptors (Lipinski definition) is 3. The number of diazo groups is 1. The molecule has 0 saturated carbocycles. The number of benzene rings is 1. The summed E-state index contributed by atoms with van der Waals surface area (Å²) in [6, 6.07) is 5.54. The molecule has 0 aliphatic rings. The van der Waals surface area contributed by atoms with E-state index in [2.05, 4.69) is 18.8 Å². The summed E-state index contributed by atoms with van der Waals surface area (Å²) in [5, 5.41) is 9.39. The number of ether oxygens (including phenoxy) is 2. The van der Waals surface area contributed by atoms with Crippen molar-refractivity contribution in [1.29, 1.82) is 5.39 Å². The standard InChI is InChI=1S/C42H77N2O2/c1-3-5-7-9-11-13-15-17-19-21-23-25-27-29-31-33-37-45-40-35-36-41(44-43)42(39-40)46-38-34-32-30-28-26-24-22-20-18-16-14-12-10-8-6-4-2/h35-36,39H,3-34,37-38H2,1-2H3/q+1. The van der Waals surface area contributed by atoms with Crippen molar-refractivity contribution < 1.29 is 9.47 Å². The van der Waals surface area contributed by atoms with Crippen LogP contribution < -0.4 is 9.47 Å². The fourth-order valence-corrected chi connectivity index (χ4v) is 6.45. The maximum atomic E-state index is 9.39. The monoisotopic (exact) mass is 642 g/mol. The smallest absolute Gasteiger partial charge is 0.426 e. The molecule has 46 heavy (non-hydrogen) atoms. The Labute approximate surface area is 287 Å². The van der Waals surface area contributed by atoms with E-state index in [1.165, 1.54) is 193 Å². The van der Waals surface area contributed by atoms with Crippen LogP contribution in [0.4, 0.5) is 5.69 Å². The quantitative estimate of drug-likeness (QED) is 0.0541. The van der Waals surface area contributed by atoms with Gasteiger partial charge in [-0.3, -0.25) is 0 Å². The maximum absolute atomic E-state index is 9.39. The van der Waals surface area contributed by atoms with Crippen molar-refractivity contribution in [2.24, 2.45) is 0 Å². The highest BCUT2D eigenvalue weighted by atomic mass is 16.5. The van der Waals surface area contributed by atoms with Crippen molar-refractivity contribution in [3.63, 3.8) is 0 Å². The highest BCUT2D eigenvalue weighted by Gasteiger charge is 2.16. The Morgan fingerprint density at radius 2 is 0.717 bits per heavy atom. The molecule has 266 valence electrons. The molecular formula is C42H77N2O2+. The van der Waals surface area contributed by atoms with Crippen LogP contribution in [0.25, 0.3) is 4.98 Å². The van der Waals surface area contributed by atoms with Crippen LogP contribution in [0.15, 0.2) is 18.2 Å². The molecule has 4 nitrogen and oxygen atoms in total. The lowest BCUT2D eigenvalue weighted by Gasteiger charge is -2.08. The molecule has 0 amide bonds. The summed E-state index contributed by atoms with van der Waals surface area (Å²) in [6.45, 7) is 5.97. The summed E-state index contributed by atoms with van der Waals surface area (Å²) in [6.07, 6.45) is 43.8. The summed E-state index contributed by atoms with van der Waals surface area (Å²) < 4.78 is 12.0. The van der Waals surface area contributed by atoms with Crippen LogP contribution >= 0.6 is 0 Å². The second-order valence-electron chi connectivity index (χ2n) is 14.0. The largest absolute Gasteiger partial charge is 0.493 e. The van der Waals surface area contributed by atoms with E-state index in [0.29, 0.717) is 18.0 Å². The molecule has 0 fully saturated rings. The van der Waals surface area contributed by atoms with Crippen LogP contribution in [0.3, 0.4) is 0 Å². The van der Waals surface area contributed by atoms with E-state index in [9.17, 15) is 5.39 Å². The zero-order chi connectivity index (χ0) is 33.0. The maximum Gasteiger partial charge on any atom is 0.426 e. The molecule has 4 heteroatoms. The molecule has 0 N–H and O–H groups in total. The summed E-state index contributed by atoms with van der Waals surface area (Å²) in [7, 11) is 0. The van der Waals surface area contributed by atoms with Crippen molar-refractivity contribution >= 4 is 5.69 Å². The third kappa shape index (κ3) is 27.4. The molecule has 1 aromatic rings. The third-order valence-corrected chi connectivity index (χ3v) is 9.56. The Morgan fingerprint density at radius 1 is 0.413 bits per heavy atom. The molecule has 0 heterocycles. The minimum atomic E-state index is 0.478. The number of hydrogen-bond donors (Lipinski definition) is 0. The molecule has 0 aromatic heterocycles. The summed E-state index contributed by atoms with van der Waals surface area (Å²) in [5.41, 5.74) is 0.478. The van der Waals surface area contributed by atoms with Gasteiger partial charge in [-0.1, -0.05) is 206 Å². The zero-order valence-corrected chi connectivity index (χ0v) is 31.0. The van der Waals surface area contributed by atoms with Gasteiger partial charge in [0.25, 0.3) is 0 Å². The molecule has 0 aliphatic heterocycles. The minimum Gasteiger partial charge on any atom is -0.493 e. The van der Waals surface area contributed by atoms with Gasteiger partial charge in [0.05, 0.1) is 13.2 Å². The molecule has 1 aromatic carbocycles. The van der Waals surface area contributed by atoms with Gasteiger partial charge in [0.15, 0.2) is 4.98 Å². The summed E-state index contributed by atoms with van der Waals surface area (Å²) >= 11 is 0. The average Bonchev–Trinajstić information content (AvgIpc) is 3.07. The van der Waals surface area contributed by atoms with Gasteiger partial charge >= 0.3 is 5.69 Å². The lowest BCUT2D eigenvalue weighted by Crippen LogP contribution is -2.00. The number of nitrogens with zero attached hydrogens (tertiary/aromatic N) is 2. The first kappa shape index (κ1) is 42.3. The normalized spacial score (nSPS) is 11.2. The fraction of sp³-hybridized carbons (Fsp3) is 0.857. The van der Waals surface area contributed by atoms with Gasteiger partial charge in [-0.2, -0.15) is 0 Å². The second-order valence-corrected chi connectivity index (χ2v) is 14.0. The summed E-state index contributed by atoms with van der Waals surface area (Å²) in [4.78, 5) is 3.41. The van der Waals surface area contributed by atoms with Crippen molar-refractivity contribution in [3.05, 3.63) is 23.2 Å². The molecule has 0 atom stereocenters. The van der Waals surface area contributed by atoms with E-state index in [1.54, 1.807) is 6.07 Å². The van der Waals surface area contributed by atoms with Gasteiger partial charge in [-0.15, -0.1) is 0 Å². The van der Waals surface area contributed by atoms with E-state index >= 15 is 0 Å². The Balaban J connectivity index is 1.95. The Hall–Kier alpha value is -1.76. The van der Waals surface area contributed by atoms with E-state index in [0.717, 1.165) is 25.2 Å². The van der Waals surface area contributed by atoms with Crippen molar-refractivity contribution in [2.45, 2.75) is 219 Å². The zero-order valence-electron chi connectivity index (χ0n) is 31.0. The molecule has 0 aliphatic carbocycles. The average molecular weight is 642 g/mol. The van der Waals surface area contributed by atoms with Gasteiger partial charge in [0.1, 0.15) is 5.75 Å². The predicted molar refractivity (Wildman–Crippen MR) is 201 cm³/mol. The topological polar surface area (TPSA) is 46.6 Å². The Bertz CT molecular complexity index is 805. The fourth-order valence-electron chi connectivity index (χ4n) is 6.45. The first-order valence-electron chi connectivity index (χ1n) is 20.6. The van der Waals surface area contributed by atoms with E-state index in [4.69, 9.17) is 9.47 Å². The Morgan fingerprint density at radius 3 is 1.04 bits per heavy atom. The van der Waals surface area contributed by atoms with Crippen LogP contribution in [0.1, 0.15) is 219 Å². The van der Waals surface area contributed by atoms with Crippen LogP contribution in [0.2, 0.25) is 0 Å². The SMILES string of the molecule is CCCCCCCCCCCCCCCCCCOc1ccc([N+]#N)c(OCCCCCCCCCCCCCCCCCC)c1. The highest BCUT2D eigenvalue weighted by molar-refractivity contribution is 5.59. The van der Waals surface area contributed by atoms with Gasteiger partial charge in [0, 0.05) is 12.1 Å². The van der Waals surface area contributed by atoms with Crippen LogP contribution in [0, 0.1) is 5.39 Å². The van der Waals surface area contributed by atoms with Crippen molar-refractivity contribution in [2.75, 3.05) is 13.2 Å². The van der Waals surface area contributed by atoms with E-state index in [1.807, 2.05) is 12.1 Å². The van der Waals surface area contributed by atoms with Gasteiger partial charge in [-0.05, 0) is 18.9 Å². The molecule has 0 bridgehead atoms. The van der Waals surface area contributed by atoms with E-state index < -0.39 is 0 Å². The summed E-state index contributed by atoms with van der Waals surface area (Å²) in [5.74, 6) is 1.42. The van der Waals surface area contributed by atoms with Crippen LogP contribution in [-0.2, 0) is 0 Å². The van der Waals surface area contributed by atoms with Gasteiger partial charge in [0.2, 0.25) is 11.1 Å². The number of rotatable bonds is 36. The van der Waals surface area contributed by atoms with Crippen molar-refractivity contribution in [1.82, 2.24) is 0 Å². The van der Waals surface area contributed by atoms with Crippen LogP contribution in [0.5, 0.6) is 11.5 Å². The van der Waals surface area contributed by atoms with E-state index in [-0.39, 0.29) is 0 Å².